The van der Waals surface area contributed by atoms with Crippen LogP contribution in [0, 0.1) is 0 Å². The molecule has 0 radical (unpaired) electrons. The lowest BCUT2D eigenvalue weighted by Gasteiger charge is -2.23. The van der Waals surface area contributed by atoms with Crippen LogP contribution >= 0.6 is 0 Å². The fourth-order valence-electron chi connectivity index (χ4n) is 2.49. The largest absolute Gasteiger partial charge is 0.486 e. The molecule has 2 heterocycles. The Bertz CT molecular complexity index is 735. The highest BCUT2D eigenvalue weighted by Crippen LogP contribution is 2.33. The molecule has 26 heavy (non-hydrogen) atoms. The Kier molecular flexibility index (Phi) is 5.75. The van der Waals surface area contributed by atoms with Crippen LogP contribution in [0.15, 0.2) is 12.4 Å². The molecule has 1 aliphatic rings. The molecule has 0 spiro atoms. The van der Waals surface area contributed by atoms with Crippen LogP contribution in [0.1, 0.15) is 24.2 Å². The number of nitrogens with zero attached hydrogens (tertiary/aromatic N) is 3. The molecular formula is C16H19N3O7. The van der Waals surface area contributed by atoms with E-state index in [1.54, 1.807) is 7.05 Å². The van der Waals surface area contributed by atoms with Gasteiger partial charge in [0.2, 0.25) is 11.8 Å². The molecule has 10 nitrogen and oxygen atoms in total. The van der Waals surface area contributed by atoms with Gasteiger partial charge in [0.1, 0.15) is 17.9 Å². The summed E-state index contributed by atoms with van der Waals surface area (Å²) in [7, 11) is 2.75. The summed E-state index contributed by atoms with van der Waals surface area (Å²) in [5.74, 6) is -1.97. The second-order valence-corrected chi connectivity index (χ2v) is 5.60. The minimum atomic E-state index is -0.780. The third-order valence-electron chi connectivity index (χ3n) is 3.62. The topological polar surface area (TPSA) is 115 Å². The first-order valence-electron chi connectivity index (χ1n) is 7.68. The molecule has 0 bridgehead atoms. The van der Waals surface area contributed by atoms with Gasteiger partial charge in [-0.3, -0.25) is 14.6 Å². The average Bonchev–Trinajstić information content (AvgIpc) is 2.90. The molecule has 0 aromatic carbocycles. The number of hydrogen-bond donors (Lipinski definition) is 0. The maximum Gasteiger partial charge on any atom is 0.410 e. The Morgan fingerprint density at radius 3 is 2.46 bits per heavy atom. The predicted octanol–water partition coefficient (Wildman–Crippen LogP) is 0.597. The van der Waals surface area contributed by atoms with Crippen molar-refractivity contribution in [2.45, 2.75) is 20.0 Å². The minimum Gasteiger partial charge on any atom is -0.486 e. The van der Waals surface area contributed by atoms with E-state index in [4.69, 9.17) is 9.47 Å². The highest BCUT2D eigenvalue weighted by atomic mass is 16.6. The van der Waals surface area contributed by atoms with Crippen LogP contribution in [0.4, 0.5) is 10.5 Å². The summed E-state index contributed by atoms with van der Waals surface area (Å²) in [6.45, 7) is 2.64. The van der Waals surface area contributed by atoms with Gasteiger partial charge in [-0.05, 0) is 0 Å². The summed E-state index contributed by atoms with van der Waals surface area (Å²) in [6, 6.07) is 0. The molecule has 1 aromatic heterocycles. The van der Waals surface area contributed by atoms with Gasteiger partial charge in [-0.2, -0.15) is 0 Å². The van der Waals surface area contributed by atoms with E-state index in [2.05, 4.69) is 9.72 Å². The quantitative estimate of drug-likeness (QED) is 0.697. The lowest BCUT2D eigenvalue weighted by atomic mass is 10.2. The molecule has 1 unspecified atom stereocenters. The zero-order valence-electron chi connectivity index (χ0n) is 14.8. The van der Waals surface area contributed by atoms with E-state index in [-0.39, 0.29) is 23.6 Å². The van der Waals surface area contributed by atoms with E-state index < -0.39 is 30.0 Å². The number of esters is 1. The number of hydrogen-bond acceptors (Lipinski definition) is 8. The van der Waals surface area contributed by atoms with Crippen LogP contribution in [0.5, 0.6) is 5.75 Å². The van der Waals surface area contributed by atoms with Gasteiger partial charge in [-0.1, -0.05) is 0 Å². The van der Waals surface area contributed by atoms with E-state index in [1.807, 2.05) is 0 Å². The Balaban J connectivity index is 2.38. The summed E-state index contributed by atoms with van der Waals surface area (Å²) in [5, 5.41) is 0. The fourth-order valence-corrected chi connectivity index (χ4v) is 2.49. The lowest BCUT2D eigenvalue weighted by molar-refractivity contribution is -0.124. The van der Waals surface area contributed by atoms with Crippen molar-refractivity contribution < 1.29 is 33.4 Å². The van der Waals surface area contributed by atoms with Crippen molar-refractivity contribution in [2.75, 3.05) is 32.2 Å². The standard InChI is InChI=1S/C16H19N3O7/c1-9(20)19(10(2)21)14-12(15(22)24-4)5-17-6-13(14)25-8-11-7-18(3)16(23)26-11/h5-6,11H,7-8H2,1-4H3. The zero-order valence-corrected chi connectivity index (χ0v) is 14.8. The maximum atomic E-state index is 12.0. The Hall–Kier alpha value is -3.17. The molecule has 1 fully saturated rings. The molecule has 140 valence electrons. The maximum absolute atomic E-state index is 12.0. The van der Waals surface area contributed by atoms with Crippen molar-refractivity contribution in [3.63, 3.8) is 0 Å². The van der Waals surface area contributed by atoms with Crippen LogP contribution in [0.2, 0.25) is 0 Å². The van der Waals surface area contributed by atoms with Gasteiger partial charge >= 0.3 is 12.1 Å². The number of cyclic esters (lactones) is 1. The van der Waals surface area contributed by atoms with Gasteiger partial charge in [0, 0.05) is 27.1 Å². The van der Waals surface area contributed by atoms with Crippen molar-refractivity contribution in [1.29, 1.82) is 0 Å². The third-order valence-corrected chi connectivity index (χ3v) is 3.62. The lowest BCUT2D eigenvalue weighted by Crippen LogP contribution is -2.35. The SMILES string of the molecule is COC(=O)c1cncc(OCC2CN(C)C(=O)O2)c1N(C(C)=O)C(C)=O. The van der Waals surface area contributed by atoms with E-state index in [1.165, 1.54) is 38.3 Å². The van der Waals surface area contributed by atoms with Crippen LogP contribution in [-0.2, 0) is 19.1 Å². The number of imide groups is 1. The van der Waals surface area contributed by atoms with Crippen molar-refractivity contribution in [2.24, 2.45) is 0 Å². The number of rotatable bonds is 5. The zero-order chi connectivity index (χ0) is 19.4. The molecule has 1 aliphatic heterocycles. The third kappa shape index (κ3) is 3.90. The van der Waals surface area contributed by atoms with Crippen LogP contribution in [0.3, 0.4) is 0 Å². The van der Waals surface area contributed by atoms with Crippen molar-refractivity contribution >= 4 is 29.6 Å². The Labute approximate surface area is 149 Å². The number of methoxy groups -OCH3 is 1. The first-order chi connectivity index (χ1) is 12.3. The van der Waals surface area contributed by atoms with E-state index >= 15 is 0 Å². The fraction of sp³-hybridized carbons (Fsp3) is 0.438. The molecule has 1 atom stereocenters. The monoisotopic (exact) mass is 365 g/mol. The highest BCUT2D eigenvalue weighted by molar-refractivity contribution is 6.17. The Morgan fingerprint density at radius 1 is 1.31 bits per heavy atom. The van der Waals surface area contributed by atoms with Gasteiger partial charge in [0.05, 0.1) is 19.9 Å². The smallest absolute Gasteiger partial charge is 0.410 e. The van der Waals surface area contributed by atoms with Gasteiger partial charge in [-0.15, -0.1) is 0 Å². The normalized spacial score (nSPS) is 16.1. The van der Waals surface area contributed by atoms with Gasteiger partial charge in [0.25, 0.3) is 0 Å². The molecule has 2 rings (SSSR count). The van der Waals surface area contributed by atoms with Gasteiger partial charge in [-0.25, -0.2) is 14.5 Å². The number of carbonyl (C=O) groups is 4. The summed E-state index contributed by atoms with van der Waals surface area (Å²) in [4.78, 5) is 53.4. The second-order valence-electron chi connectivity index (χ2n) is 5.60. The molecular weight excluding hydrogens is 346 g/mol. The number of amides is 3. The van der Waals surface area contributed by atoms with Gasteiger partial charge in [0.15, 0.2) is 11.9 Å². The summed E-state index contributed by atoms with van der Waals surface area (Å²) >= 11 is 0. The summed E-state index contributed by atoms with van der Waals surface area (Å²) < 4.78 is 15.4. The second kappa shape index (κ2) is 7.81. The summed E-state index contributed by atoms with van der Waals surface area (Å²) in [5.41, 5.74) is -0.166. The molecule has 1 saturated heterocycles. The molecule has 0 saturated carbocycles. The van der Waals surface area contributed by atoms with Crippen LogP contribution in [-0.4, -0.2) is 67.2 Å². The molecule has 0 aliphatic carbocycles. The van der Waals surface area contributed by atoms with E-state index in [9.17, 15) is 19.2 Å². The first kappa shape index (κ1) is 19.2. The first-order valence-corrected chi connectivity index (χ1v) is 7.68. The Morgan fingerprint density at radius 2 is 1.96 bits per heavy atom. The molecule has 10 heteroatoms. The summed E-state index contributed by atoms with van der Waals surface area (Å²) in [6.07, 6.45) is 1.43. The van der Waals surface area contributed by atoms with Gasteiger partial charge < -0.3 is 19.1 Å². The number of anilines is 1. The van der Waals surface area contributed by atoms with Crippen LogP contribution in [0.25, 0.3) is 0 Å². The van der Waals surface area contributed by atoms with E-state index in [0.29, 0.717) is 6.54 Å². The van der Waals surface area contributed by atoms with Crippen molar-refractivity contribution in [3.05, 3.63) is 18.0 Å². The van der Waals surface area contributed by atoms with Crippen LogP contribution < -0.4 is 9.64 Å². The minimum absolute atomic E-state index is 0.0175. The van der Waals surface area contributed by atoms with Crippen molar-refractivity contribution in [3.8, 4) is 5.75 Å². The molecule has 3 amide bonds. The number of aromatic nitrogens is 1. The number of carbonyl (C=O) groups excluding carboxylic acids is 4. The molecule has 0 N–H and O–H groups in total. The number of ether oxygens (including phenoxy) is 3. The average molecular weight is 365 g/mol. The van der Waals surface area contributed by atoms with E-state index in [0.717, 1.165) is 4.90 Å². The molecule has 1 aromatic rings. The number of likely N-dealkylation sites (N-methyl/N-ethyl adjacent to an activating group) is 1. The highest BCUT2D eigenvalue weighted by Gasteiger charge is 2.31. The predicted molar refractivity (Wildman–Crippen MR) is 87.8 cm³/mol. The number of pyridine rings is 1. The van der Waals surface area contributed by atoms with Crippen molar-refractivity contribution in [1.82, 2.24) is 9.88 Å².